The van der Waals surface area contributed by atoms with Gasteiger partial charge in [0.25, 0.3) is 0 Å². The minimum atomic E-state index is -3.67. The fraction of sp³-hybridized carbons (Fsp3) is 0.133. The largest absolute Gasteiger partial charge is 0.478 e. The number of aromatic carboxylic acids is 1. The van der Waals surface area contributed by atoms with Crippen LogP contribution in [0.3, 0.4) is 0 Å². The molecule has 0 heterocycles. The van der Waals surface area contributed by atoms with Crippen LogP contribution in [-0.4, -0.2) is 25.2 Å². The Hall–Kier alpha value is -1.66. The Bertz CT molecular complexity index is 754. The van der Waals surface area contributed by atoms with Crippen molar-refractivity contribution in [2.75, 3.05) is 5.75 Å². The van der Waals surface area contributed by atoms with E-state index in [9.17, 15) is 13.2 Å². The zero-order chi connectivity index (χ0) is 15.5. The lowest BCUT2D eigenvalue weighted by atomic mass is 10.2. The van der Waals surface area contributed by atoms with Crippen LogP contribution in [0.5, 0.6) is 0 Å². The summed E-state index contributed by atoms with van der Waals surface area (Å²) >= 11 is 3.18. The van der Waals surface area contributed by atoms with E-state index in [1.807, 2.05) is 30.3 Å². The van der Waals surface area contributed by atoms with Crippen LogP contribution in [0.2, 0.25) is 0 Å². The second-order valence-electron chi connectivity index (χ2n) is 4.50. The lowest BCUT2D eigenvalue weighted by molar-refractivity contribution is 0.0692. The molecule has 6 heteroatoms. The lowest BCUT2D eigenvalue weighted by Crippen LogP contribution is -2.14. The quantitative estimate of drug-likeness (QED) is 0.879. The van der Waals surface area contributed by atoms with Gasteiger partial charge in [0.05, 0.1) is 16.2 Å². The molecule has 110 valence electrons. The topological polar surface area (TPSA) is 71.4 Å². The Morgan fingerprint density at radius 1 is 1.10 bits per heavy atom. The van der Waals surface area contributed by atoms with Gasteiger partial charge < -0.3 is 5.11 Å². The molecule has 0 aliphatic heterocycles. The lowest BCUT2D eigenvalue weighted by Gasteiger charge is -2.08. The summed E-state index contributed by atoms with van der Waals surface area (Å²) in [5, 5.41) is 9.13. The zero-order valence-electron chi connectivity index (χ0n) is 11.0. The molecule has 2 rings (SSSR count). The van der Waals surface area contributed by atoms with Gasteiger partial charge in [0.15, 0.2) is 9.84 Å². The van der Waals surface area contributed by atoms with Crippen LogP contribution >= 0.6 is 15.9 Å². The van der Waals surface area contributed by atoms with Crippen molar-refractivity contribution >= 4 is 31.7 Å². The molecule has 0 spiro atoms. The van der Waals surface area contributed by atoms with Gasteiger partial charge in [0.2, 0.25) is 0 Å². The van der Waals surface area contributed by atoms with Crippen molar-refractivity contribution in [1.82, 2.24) is 0 Å². The predicted octanol–water partition coefficient (Wildman–Crippen LogP) is 3.16. The molecular weight excluding hydrogens is 356 g/mol. The number of carboxylic acids is 1. The van der Waals surface area contributed by atoms with Gasteiger partial charge in [0, 0.05) is 4.47 Å². The maximum atomic E-state index is 12.4. The standard InChI is InChI=1S/C15H13BrO4S/c16-12-6-7-13(15(17)18)14(10-12)21(19,20)9-8-11-4-2-1-3-5-11/h1-7,10H,8-9H2,(H,17,18). The highest BCUT2D eigenvalue weighted by molar-refractivity contribution is 9.10. The molecule has 21 heavy (non-hydrogen) atoms. The summed E-state index contributed by atoms with van der Waals surface area (Å²) in [5.41, 5.74) is 0.694. The number of rotatable bonds is 5. The van der Waals surface area contributed by atoms with Crippen LogP contribution in [-0.2, 0) is 16.3 Å². The van der Waals surface area contributed by atoms with E-state index >= 15 is 0 Å². The molecule has 0 aliphatic rings. The number of sulfone groups is 1. The summed E-state index contributed by atoms with van der Waals surface area (Å²) in [4.78, 5) is 11.0. The molecule has 0 aliphatic carbocycles. The third-order valence-corrected chi connectivity index (χ3v) is 5.25. The van der Waals surface area contributed by atoms with E-state index in [-0.39, 0.29) is 16.2 Å². The van der Waals surface area contributed by atoms with Crippen molar-refractivity contribution in [3.05, 3.63) is 64.1 Å². The van der Waals surface area contributed by atoms with Crippen LogP contribution in [0.15, 0.2) is 57.9 Å². The van der Waals surface area contributed by atoms with Gasteiger partial charge in [-0.3, -0.25) is 0 Å². The van der Waals surface area contributed by atoms with E-state index in [4.69, 9.17) is 5.11 Å². The van der Waals surface area contributed by atoms with Gasteiger partial charge in [-0.1, -0.05) is 46.3 Å². The van der Waals surface area contributed by atoms with Crippen LogP contribution in [0, 0.1) is 0 Å². The Kier molecular flexibility index (Phi) is 4.80. The number of hydrogen-bond donors (Lipinski definition) is 1. The van der Waals surface area contributed by atoms with Crippen molar-refractivity contribution in [1.29, 1.82) is 0 Å². The highest BCUT2D eigenvalue weighted by Gasteiger charge is 2.22. The minimum Gasteiger partial charge on any atom is -0.478 e. The number of aryl methyl sites for hydroxylation is 1. The summed E-state index contributed by atoms with van der Waals surface area (Å²) in [6.07, 6.45) is 0.342. The van der Waals surface area contributed by atoms with E-state index in [0.29, 0.717) is 10.9 Å². The normalized spacial score (nSPS) is 11.3. The van der Waals surface area contributed by atoms with E-state index in [0.717, 1.165) is 5.56 Å². The van der Waals surface area contributed by atoms with E-state index in [1.54, 1.807) is 0 Å². The molecule has 2 aromatic carbocycles. The summed E-state index contributed by atoms with van der Waals surface area (Å²) in [7, 11) is -3.67. The molecule has 0 atom stereocenters. The first-order valence-corrected chi connectivity index (χ1v) is 8.64. The summed E-state index contributed by atoms with van der Waals surface area (Å²) in [6, 6.07) is 13.4. The monoisotopic (exact) mass is 368 g/mol. The molecule has 4 nitrogen and oxygen atoms in total. The number of halogens is 1. The van der Waals surface area contributed by atoms with Gasteiger partial charge in [-0.05, 0) is 30.2 Å². The van der Waals surface area contributed by atoms with Crippen molar-refractivity contribution in [3.8, 4) is 0 Å². The molecule has 0 bridgehead atoms. The highest BCUT2D eigenvalue weighted by Crippen LogP contribution is 2.23. The molecule has 0 amide bonds. The van der Waals surface area contributed by atoms with E-state index in [2.05, 4.69) is 15.9 Å². The zero-order valence-corrected chi connectivity index (χ0v) is 13.4. The van der Waals surface area contributed by atoms with Gasteiger partial charge in [-0.15, -0.1) is 0 Å². The van der Waals surface area contributed by atoms with Crippen molar-refractivity contribution in [3.63, 3.8) is 0 Å². The Morgan fingerprint density at radius 2 is 1.76 bits per heavy atom. The van der Waals surface area contributed by atoms with E-state index < -0.39 is 15.8 Å². The summed E-state index contributed by atoms with van der Waals surface area (Å²) in [5.74, 6) is -1.38. The Labute approximate surface area is 131 Å². The first-order chi connectivity index (χ1) is 9.90. The average Bonchev–Trinajstić information content (AvgIpc) is 2.46. The number of carboxylic acid groups (broad SMARTS) is 1. The third-order valence-electron chi connectivity index (χ3n) is 3.01. The van der Waals surface area contributed by atoms with Crippen LogP contribution in [0.25, 0.3) is 0 Å². The molecule has 1 N–H and O–H groups in total. The number of benzene rings is 2. The van der Waals surface area contributed by atoms with Gasteiger partial charge in [0.1, 0.15) is 0 Å². The van der Waals surface area contributed by atoms with Crippen molar-refractivity contribution < 1.29 is 18.3 Å². The van der Waals surface area contributed by atoms with Gasteiger partial charge >= 0.3 is 5.97 Å². The second kappa shape index (κ2) is 6.41. The molecule has 0 saturated carbocycles. The molecule has 0 saturated heterocycles. The van der Waals surface area contributed by atoms with Crippen molar-refractivity contribution in [2.24, 2.45) is 0 Å². The molecule has 0 radical (unpaired) electrons. The first-order valence-electron chi connectivity index (χ1n) is 6.20. The number of carbonyl (C=O) groups is 1. The molecular formula is C15H13BrO4S. The SMILES string of the molecule is O=C(O)c1ccc(Br)cc1S(=O)(=O)CCc1ccccc1. The van der Waals surface area contributed by atoms with Crippen LogP contribution < -0.4 is 0 Å². The molecule has 0 unspecified atom stereocenters. The fourth-order valence-corrected chi connectivity index (χ4v) is 3.97. The average molecular weight is 369 g/mol. The van der Waals surface area contributed by atoms with Gasteiger partial charge in [-0.2, -0.15) is 0 Å². The van der Waals surface area contributed by atoms with Gasteiger partial charge in [-0.25, -0.2) is 13.2 Å². The molecule has 2 aromatic rings. The Morgan fingerprint density at radius 3 is 2.38 bits per heavy atom. The highest BCUT2D eigenvalue weighted by atomic mass is 79.9. The molecule has 0 fully saturated rings. The second-order valence-corrected chi connectivity index (χ2v) is 7.49. The maximum Gasteiger partial charge on any atom is 0.337 e. The predicted molar refractivity (Wildman–Crippen MR) is 83.3 cm³/mol. The van der Waals surface area contributed by atoms with Crippen LogP contribution in [0.4, 0.5) is 0 Å². The number of hydrogen-bond acceptors (Lipinski definition) is 3. The molecule has 0 aromatic heterocycles. The third kappa shape index (κ3) is 3.92. The van der Waals surface area contributed by atoms with E-state index in [1.165, 1.54) is 18.2 Å². The Balaban J connectivity index is 2.31. The van der Waals surface area contributed by atoms with Crippen LogP contribution in [0.1, 0.15) is 15.9 Å². The maximum absolute atomic E-state index is 12.4. The summed E-state index contributed by atoms with van der Waals surface area (Å²) in [6.45, 7) is 0. The minimum absolute atomic E-state index is 0.131. The van der Waals surface area contributed by atoms with Crippen molar-refractivity contribution in [2.45, 2.75) is 11.3 Å². The fourth-order valence-electron chi connectivity index (χ4n) is 1.94. The smallest absolute Gasteiger partial charge is 0.337 e. The first kappa shape index (κ1) is 15.7. The summed E-state index contributed by atoms with van der Waals surface area (Å²) < 4.78 is 25.3.